The van der Waals surface area contributed by atoms with Crippen LogP contribution < -0.4 is 4.90 Å². The Labute approximate surface area is 200 Å². The number of anilines is 1. The summed E-state index contributed by atoms with van der Waals surface area (Å²) in [6, 6.07) is 4.36. The molecule has 0 fully saturated rings. The van der Waals surface area contributed by atoms with Crippen molar-refractivity contribution in [2.24, 2.45) is 5.92 Å². The number of aryl methyl sites for hydroxylation is 1. The van der Waals surface area contributed by atoms with Crippen LogP contribution in [0.25, 0.3) is 0 Å². The van der Waals surface area contributed by atoms with E-state index in [1.807, 2.05) is 0 Å². The first-order valence-electron chi connectivity index (χ1n) is 11.8. The van der Waals surface area contributed by atoms with E-state index in [0.29, 0.717) is 41.6 Å². The van der Waals surface area contributed by atoms with Gasteiger partial charge in [0.15, 0.2) is 0 Å². The lowest BCUT2D eigenvalue weighted by molar-refractivity contribution is -0.122. The van der Waals surface area contributed by atoms with E-state index < -0.39 is 5.82 Å². The predicted molar refractivity (Wildman–Crippen MR) is 127 cm³/mol. The topological polar surface area (TPSA) is 79.1 Å². The van der Waals surface area contributed by atoms with Gasteiger partial charge in [-0.15, -0.1) is 0 Å². The van der Waals surface area contributed by atoms with Crippen LogP contribution in [0.3, 0.4) is 0 Å². The van der Waals surface area contributed by atoms with E-state index in [-0.39, 0.29) is 25.0 Å². The molecular weight excluding hydrogens is 439 g/mol. The fraction of sp³-hybridized carbons (Fsp3) is 0.560. The van der Waals surface area contributed by atoms with Crippen molar-refractivity contribution in [3.63, 3.8) is 0 Å². The van der Waals surface area contributed by atoms with Gasteiger partial charge in [0.05, 0.1) is 6.20 Å². The molecule has 0 atom stereocenters. The minimum Gasteiger partial charge on any atom is -0.375 e. The fourth-order valence-corrected chi connectivity index (χ4v) is 4.41. The van der Waals surface area contributed by atoms with Crippen molar-refractivity contribution in [2.75, 3.05) is 51.3 Å². The summed E-state index contributed by atoms with van der Waals surface area (Å²) >= 11 is 0. The molecule has 9 heteroatoms. The van der Waals surface area contributed by atoms with Gasteiger partial charge in [0.2, 0.25) is 0 Å². The number of hydrogen-bond acceptors (Lipinski definition) is 6. The molecule has 8 nitrogen and oxygen atoms in total. The smallest absolute Gasteiger partial charge is 0.259 e. The van der Waals surface area contributed by atoms with Crippen molar-refractivity contribution >= 4 is 17.5 Å². The van der Waals surface area contributed by atoms with Gasteiger partial charge in [-0.1, -0.05) is 19.0 Å². The fourth-order valence-electron chi connectivity index (χ4n) is 4.41. The molecule has 2 aromatic rings. The highest BCUT2D eigenvalue weighted by molar-refractivity contribution is 5.96. The summed E-state index contributed by atoms with van der Waals surface area (Å²) in [7, 11) is 1.48. The lowest BCUT2D eigenvalue weighted by Crippen LogP contribution is -2.40. The second kappa shape index (κ2) is 12.1. The SMILES string of the molecule is COCC(=O)N1CCCN(CC(C)C)CCCN(C(=O)c2cnoc2C)Cc2cc(F)ccc21. The second-order valence-electron chi connectivity index (χ2n) is 9.18. The first-order valence-corrected chi connectivity index (χ1v) is 11.8. The summed E-state index contributed by atoms with van der Waals surface area (Å²) in [5.74, 6) is 0.0996. The zero-order valence-electron chi connectivity index (χ0n) is 20.6. The van der Waals surface area contributed by atoms with Gasteiger partial charge in [-0.3, -0.25) is 9.59 Å². The van der Waals surface area contributed by atoms with Gasteiger partial charge in [-0.05, 0) is 62.5 Å². The van der Waals surface area contributed by atoms with Crippen molar-refractivity contribution < 1.29 is 23.2 Å². The molecule has 34 heavy (non-hydrogen) atoms. The number of carbonyl (C=O) groups excluding carboxylic acids is 2. The molecule has 0 unspecified atom stereocenters. The lowest BCUT2D eigenvalue weighted by atomic mass is 10.1. The third-order valence-electron chi connectivity index (χ3n) is 5.91. The normalized spacial score (nSPS) is 16.2. The monoisotopic (exact) mass is 474 g/mol. The number of benzene rings is 1. The number of aromatic nitrogens is 1. The highest BCUT2D eigenvalue weighted by Gasteiger charge is 2.25. The highest BCUT2D eigenvalue weighted by Crippen LogP contribution is 2.26. The van der Waals surface area contributed by atoms with E-state index in [9.17, 15) is 14.0 Å². The third kappa shape index (κ3) is 6.64. The van der Waals surface area contributed by atoms with Crippen LogP contribution in [-0.4, -0.2) is 73.2 Å². The van der Waals surface area contributed by atoms with Gasteiger partial charge in [-0.2, -0.15) is 0 Å². The van der Waals surface area contributed by atoms with Gasteiger partial charge >= 0.3 is 0 Å². The molecule has 1 aromatic heterocycles. The molecule has 1 aliphatic heterocycles. The maximum absolute atomic E-state index is 14.3. The second-order valence-corrected chi connectivity index (χ2v) is 9.18. The molecule has 3 rings (SSSR count). The summed E-state index contributed by atoms with van der Waals surface area (Å²) in [6.45, 7) is 9.70. The minimum atomic E-state index is -0.415. The largest absolute Gasteiger partial charge is 0.375 e. The molecule has 0 radical (unpaired) electrons. The Hall–Kier alpha value is -2.78. The van der Waals surface area contributed by atoms with E-state index >= 15 is 0 Å². The third-order valence-corrected chi connectivity index (χ3v) is 5.91. The first-order chi connectivity index (χ1) is 16.3. The first kappa shape index (κ1) is 25.8. The van der Waals surface area contributed by atoms with Crippen LogP contribution in [0.4, 0.5) is 10.1 Å². The van der Waals surface area contributed by atoms with E-state index in [4.69, 9.17) is 9.26 Å². The molecule has 0 bridgehead atoms. The van der Waals surface area contributed by atoms with Crippen LogP contribution in [0.2, 0.25) is 0 Å². The molecule has 0 saturated carbocycles. The van der Waals surface area contributed by atoms with Crippen LogP contribution in [0.1, 0.15) is 48.4 Å². The van der Waals surface area contributed by atoms with Crippen molar-refractivity contribution in [1.82, 2.24) is 15.0 Å². The summed E-state index contributed by atoms with van der Waals surface area (Å²) in [5.41, 5.74) is 1.56. The summed E-state index contributed by atoms with van der Waals surface area (Å²) < 4.78 is 24.5. The molecule has 0 aliphatic carbocycles. The standard InChI is InChI=1S/C25H35FN4O4/c1-18(2)15-28-9-5-11-29(25(32)22-14-27-34-19(22)3)16-20-13-21(26)7-8-23(20)30(12-6-10-28)24(31)17-33-4/h7-8,13-14,18H,5-6,9-12,15-17H2,1-4H3. The Bertz CT molecular complexity index is 978. The summed E-state index contributed by atoms with van der Waals surface area (Å²) in [5, 5.41) is 3.74. The summed E-state index contributed by atoms with van der Waals surface area (Å²) in [6.07, 6.45) is 2.97. The molecule has 0 N–H and O–H groups in total. The molecule has 1 aliphatic rings. The predicted octanol–water partition coefficient (Wildman–Crippen LogP) is 3.50. The van der Waals surface area contributed by atoms with E-state index in [1.165, 1.54) is 25.4 Å². The number of carbonyl (C=O) groups is 2. The Morgan fingerprint density at radius 3 is 2.56 bits per heavy atom. The minimum absolute atomic E-state index is 0.0744. The number of ether oxygens (including phenoxy) is 1. The van der Waals surface area contributed by atoms with Crippen LogP contribution in [0.15, 0.2) is 28.9 Å². The van der Waals surface area contributed by atoms with Crippen LogP contribution >= 0.6 is 0 Å². The Morgan fingerprint density at radius 2 is 1.91 bits per heavy atom. The van der Waals surface area contributed by atoms with Gasteiger partial charge in [-0.25, -0.2) is 4.39 Å². The number of hydrogen-bond donors (Lipinski definition) is 0. The number of nitrogens with zero attached hydrogens (tertiary/aromatic N) is 4. The molecular formula is C25H35FN4O4. The number of methoxy groups -OCH3 is 1. The Morgan fingerprint density at radius 1 is 1.18 bits per heavy atom. The number of fused-ring (bicyclic) bond motifs is 1. The van der Waals surface area contributed by atoms with Crippen molar-refractivity contribution in [3.05, 3.63) is 47.1 Å². The van der Waals surface area contributed by atoms with E-state index in [2.05, 4.69) is 23.9 Å². The number of halogens is 1. The van der Waals surface area contributed by atoms with Crippen LogP contribution in [0.5, 0.6) is 0 Å². The maximum Gasteiger partial charge on any atom is 0.259 e. The van der Waals surface area contributed by atoms with Crippen LogP contribution in [0, 0.1) is 18.7 Å². The molecule has 1 aromatic carbocycles. The van der Waals surface area contributed by atoms with E-state index in [1.54, 1.807) is 22.8 Å². The molecule has 0 spiro atoms. The summed E-state index contributed by atoms with van der Waals surface area (Å²) in [4.78, 5) is 32.1. The molecule has 2 heterocycles. The molecule has 2 amide bonds. The number of rotatable bonds is 5. The van der Waals surface area contributed by atoms with Crippen molar-refractivity contribution in [3.8, 4) is 0 Å². The van der Waals surface area contributed by atoms with Gasteiger partial charge in [0.25, 0.3) is 11.8 Å². The zero-order valence-corrected chi connectivity index (χ0v) is 20.6. The van der Waals surface area contributed by atoms with Crippen molar-refractivity contribution in [1.29, 1.82) is 0 Å². The maximum atomic E-state index is 14.3. The molecule has 186 valence electrons. The van der Waals surface area contributed by atoms with Gasteiger partial charge in [0.1, 0.15) is 23.7 Å². The van der Waals surface area contributed by atoms with Crippen LogP contribution in [-0.2, 0) is 16.1 Å². The quantitative estimate of drug-likeness (QED) is 0.660. The molecule has 0 saturated heterocycles. The zero-order chi connectivity index (χ0) is 24.7. The van der Waals surface area contributed by atoms with Gasteiger partial charge in [0, 0.05) is 39.0 Å². The van der Waals surface area contributed by atoms with E-state index in [0.717, 1.165) is 32.5 Å². The Kier molecular flexibility index (Phi) is 9.18. The van der Waals surface area contributed by atoms with Gasteiger partial charge < -0.3 is 24.0 Å². The van der Waals surface area contributed by atoms with Crippen molar-refractivity contribution in [2.45, 2.75) is 40.2 Å². The Balaban J connectivity index is 2.00. The highest BCUT2D eigenvalue weighted by atomic mass is 19.1. The lowest BCUT2D eigenvalue weighted by Gasteiger charge is -2.32. The number of amides is 2. The average molecular weight is 475 g/mol. The average Bonchev–Trinajstić information content (AvgIpc) is 3.20.